The molecule has 0 heterocycles. The minimum atomic E-state index is -0.941. The first-order chi connectivity index (χ1) is 8.02. The number of carbonyl (C=O) groups is 2. The summed E-state index contributed by atoms with van der Waals surface area (Å²) in [6.45, 7) is 1.75. The number of methoxy groups -OCH3 is 1. The molecule has 0 aromatic heterocycles. The van der Waals surface area contributed by atoms with Crippen LogP contribution in [0.4, 0.5) is 0 Å². The second-order valence-corrected chi connectivity index (χ2v) is 4.22. The number of ketones is 1. The average Bonchev–Trinajstić information content (AvgIpc) is 2.29. The lowest BCUT2D eigenvalue weighted by Gasteiger charge is -2.09. The van der Waals surface area contributed by atoms with E-state index < -0.39 is 11.8 Å². The van der Waals surface area contributed by atoms with E-state index in [0.717, 1.165) is 0 Å². The highest BCUT2D eigenvalue weighted by atomic mass is 79.9. The number of hydrogen-bond donors (Lipinski definition) is 0. The average molecular weight is 322 g/mol. The summed E-state index contributed by atoms with van der Waals surface area (Å²) in [7, 11) is 1.42. The van der Waals surface area contributed by atoms with E-state index in [4.69, 9.17) is 16.3 Å². The topological polar surface area (TPSA) is 52.6 Å². The Morgan fingerprint density at radius 1 is 1.41 bits per heavy atom. The molecule has 0 saturated heterocycles. The van der Waals surface area contributed by atoms with Gasteiger partial charge in [0.1, 0.15) is 5.75 Å². The molecule has 0 fully saturated rings. The first-order valence-corrected chi connectivity index (χ1v) is 5.93. The fourth-order valence-corrected chi connectivity index (χ4v) is 2.15. The summed E-state index contributed by atoms with van der Waals surface area (Å²) < 4.78 is 10.0. The van der Waals surface area contributed by atoms with Gasteiger partial charge in [-0.25, -0.2) is 4.79 Å². The van der Waals surface area contributed by atoms with Gasteiger partial charge in [0.05, 0.1) is 24.3 Å². The Hall–Kier alpha value is -1.07. The third-order valence-electron chi connectivity index (χ3n) is 1.96. The Morgan fingerprint density at radius 3 is 2.59 bits per heavy atom. The molecular formula is C11H10BrClO4. The predicted octanol–water partition coefficient (Wildman–Crippen LogP) is 2.86. The molecule has 0 radical (unpaired) electrons. The number of ether oxygens (including phenoxy) is 2. The molecule has 0 aliphatic heterocycles. The number of carbonyl (C=O) groups excluding carboxylic acids is 2. The summed E-state index contributed by atoms with van der Waals surface area (Å²) in [6, 6.07) is 3.17. The van der Waals surface area contributed by atoms with Crippen LogP contribution in [0.25, 0.3) is 0 Å². The van der Waals surface area contributed by atoms with Crippen LogP contribution in [0.15, 0.2) is 16.6 Å². The zero-order valence-electron chi connectivity index (χ0n) is 9.25. The Morgan fingerprint density at radius 2 is 2.06 bits per heavy atom. The second-order valence-electron chi connectivity index (χ2n) is 2.99. The highest BCUT2D eigenvalue weighted by Crippen LogP contribution is 2.33. The van der Waals surface area contributed by atoms with Gasteiger partial charge in [0.25, 0.3) is 5.78 Å². The normalized spacial score (nSPS) is 9.88. The van der Waals surface area contributed by atoms with Gasteiger partial charge in [-0.1, -0.05) is 11.6 Å². The maximum absolute atomic E-state index is 11.8. The molecule has 0 bridgehead atoms. The van der Waals surface area contributed by atoms with E-state index in [9.17, 15) is 9.59 Å². The molecule has 0 N–H and O–H groups in total. The lowest BCUT2D eigenvalue weighted by Crippen LogP contribution is -2.18. The van der Waals surface area contributed by atoms with E-state index in [2.05, 4.69) is 20.7 Å². The van der Waals surface area contributed by atoms with Gasteiger partial charge < -0.3 is 9.47 Å². The Kier molecular flexibility index (Phi) is 4.96. The largest absolute Gasteiger partial charge is 0.495 e. The van der Waals surface area contributed by atoms with Gasteiger partial charge in [-0.05, 0) is 35.0 Å². The van der Waals surface area contributed by atoms with Crippen LogP contribution in [-0.4, -0.2) is 25.5 Å². The summed E-state index contributed by atoms with van der Waals surface area (Å²) in [5.74, 6) is -1.42. The molecule has 0 atom stereocenters. The predicted molar refractivity (Wildman–Crippen MR) is 66.7 cm³/mol. The molecule has 0 aliphatic carbocycles. The molecule has 92 valence electrons. The number of benzene rings is 1. The van der Waals surface area contributed by atoms with Crippen molar-refractivity contribution in [2.45, 2.75) is 6.92 Å². The first-order valence-electron chi connectivity index (χ1n) is 4.76. The second kappa shape index (κ2) is 6.02. The molecule has 0 spiro atoms. The lowest BCUT2D eigenvalue weighted by atomic mass is 10.1. The monoisotopic (exact) mass is 320 g/mol. The molecule has 4 nitrogen and oxygen atoms in total. The van der Waals surface area contributed by atoms with Crippen LogP contribution in [-0.2, 0) is 9.53 Å². The van der Waals surface area contributed by atoms with Gasteiger partial charge in [0, 0.05) is 4.47 Å². The van der Waals surface area contributed by atoms with E-state index in [1.54, 1.807) is 19.1 Å². The van der Waals surface area contributed by atoms with Gasteiger partial charge >= 0.3 is 5.97 Å². The van der Waals surface area contributed by atoms with Gasteiger partial charge in [-0.3, -0.25) is 4.79 Å². The molecule has 0 saturated carbocycles. The third kappa shape index (κ3) is 2.98. The van der Waals surface area contributed by atoms with Crippen LogP contribution in [0.5, 0.6) is 5.75 Å². The van der Waals surface area contributed by atoms with E-state index >= 15 is 0 Å². The smallest absolute Gasteiger partial charge is 0.379 e. The maximum atomic E-state index is 11.8. The van der Waals surface area contributed by atoms with Crippen LogP contribution in [0.2, 0.25) is 5.02 Å². The van der Waals surface area contributed by atoms with E-state index in [-0.39, 0.29) is 17.2 Å². The van der Waals surface area contributed by atoms with Crippen LogP contribution >= 0.6 is 27.5 Å². The van der Waals surface area contributed by atoms with E-state index in [0.29, 0.717) is 10.2 Å². The van der Waals surface area contributed by atoms with Crippen LogP contribution < -0.4 is 4.74 Å². The number of esters is 1. The standard InChI is InChI=1S/C11H10BrClO4/c1-3-17-11(15)10(14)8-6(12)4-5-7(16-2)9(8)13/h4-5H,3H2,1-2H3. The van der Waals surface area contributed by atoms with Crippen molar-refractivity contribution < 1.29 is 19.1 Å². The Labute approximate surface area is 112 Å². The van der Waals surface area contributed by atoms with Gasteiger partial charge in [-0.2, -0.15) is 0 Å². The SMILES string of the molecule is CCOC(=O)C(=O)c1c(Br)ccc(OC)c1Cl. The third-order valence-corrected chi connectivity index (χ3v) is 3.00. The van der Waals surface area contributed by atoms with E-state index in [1.807, 2.05) is 0 Å². The minimum absolute atomic E-state index is 0.0458. The summed E-state index contributed by atoms with van der Waals surface area (Å²) in [6.07, 6.45) is 0. The molecule has 6 heteroatoms. The molecule has 1 aromatic rings. The lowest BCUT2D eigenvalue weighted by molar-refractivity contribution is -0.137. The molecule has 0 amide bonds. The quantitative estimate of drug-likeness (QED) is 0.486. The fourth-order valence-electron chi connectivity index (χ4n) is 1.20. The zero-order valence-corrected chi connectivity index (χ0v) is 11.6. The van der Waals surface area contributed by atoms with Crippen LogP contribution in [0.3, 0.4) is 0 Å². The van der Waals surface area contributed by atoms with Crippen molar-refractivity contribution in [3.8, 4) is 5.75 Å². The molecule has 0 unspecified atom stereocenters. The maximum Gasteiger partial charge on any atom is 0.379 e. The molecule has 1 aromatic carbocycles. The summed E-state index contributed by atoms with van der Waals surface area (Å²) >= 11 is 9.13. The first kappa shape index (κ1) is 14.0. The highest BCUT2D eigenvalue weighted by molar-refractivity contribution is 9.10. The van der Waals surface area contributed by atoms with Gasteiger partial charge in [0.15, 0.2) is 0 Å². The summed E-state index contributed by atoms with van der Waals surface area (Å²) in [5, 5.41) is 0.0833. The van der Waals surface area contributed by atoms with Gasteiger partial charge in [0.2, 0.25) is 0 Å². The van der Waals surface area contributed by atoms with Crippen molar-refractivity contribution in [3.05, 3.63) is 27.2 Å². The number of hydrogen-bond acceptors (Lipinski definition) is 4. The van der Waals surface area contributed by atoms with Crippen molar-refractivity contribution in [1.82, 2.24) is 0 Å². The summed E-state index contributed by atoms with van der Waals surface area (Å²) in [4.78, 5) is 23.2. The highest BCUT2D eigenvalue weighted by Gasteiger charge is 2.25. The van der Waals surface area contributed by atoms with Crippen molar-refractivity contribution in [1.29, 1.82) is 0 Å². The number of rotatable bonds is 4. The van der Waals surface area contributed by atoms with Crippen LogP contribution in [0.1, 0.15) is 17.3 Å². The zero-order chi connectivity index (χ0) is 13.0. The number of Topliss-reactive ketones (excluding diaryl/α,β-unsaturated/α-hetero) is 1. The Bertz CT molecular complexity index is 459. The molecule has 1 rings (SSSR count). The van der Waals surface area contributed by atoms with Crippen molar-refractivity contribution >= 4 is 39.3 Å². The molecule has 0 aliphatic rings. The minimum Gasteiger partial charge on any atom is -0.495 e. The fraction of sp³-hybridized carbons (Fsp3) is 0.273. The molecular weight excluding hydrogens is 311 g/mol. The van der Waals surface area contributed by atoms with Crippen molar-refractivity contribution in [2.24, 2.45) is 0 Å². The van der Waals surface area contributed by atoms with Crippen molar-refractivity contribution in [2.75, 3.05) is 13.7 Å². The Balaban J connectivity index is 3.21. The van der Waals surface area contributed by atoms with Gasteiger partial charge in [-0.15, -0.1) is 0 Å². The summed E-state index contributed by atoms with van der Waals surface area (Å²) in [5.41, 5.74) is 0.0458. The van der Waals surface area contributed by atoms with Crippen LogP contribution in [0, 0.1) is 0 Å². The van der Waals surface area contributed by atoms with Crippen molar-refractivity contribution in [3.63, 3.8) is 0 Å². The number of halogens is 2. The molecule has 17 heavy (non-hydrogen) atoms. The van der Waals surface area contributed by atoms with E-state index in [1.165, 1.54) is 7.11 Å².